The molecule has 0 N–H and O–H groups in total. The van der Waals surface area contributed by atoms with Gasteiger partial charge in [-0.25, -0.2) is 0 Å². The molecule has 1 aliphatic carbocycles. The van der Waals surface area contributed by atoms with Crippen molar-refractivity contribution in [2.45, 2.75) is 30.2 Å². The van der Waals surface area contributed by atoms with Crippen molar-refractivity contribution in [1.29, 1.82) is 0 Å². The molecule has 1 aromatic carbocycles. The highest BCUT2D eigenvalue weighted by atomic mass is 35.5. The number of methoxy groups -OCH3 is 2. The first-order chi connectivity index (χ1) is 19.0. The molecule has 2 aromatic rings. The quantitative estimate of drug-likeness (QED) is 0.204. The number of ether oxygens (including phenoxy) is 5. The fourth-order valence-corrected chi connectivity index (χ4v) is 5.36. The lowest BCUT2D eigenvalue weighted by atomic mass is 9.73. The van der Waals surface area contributed by atoms with E-state index in [0.29, 0.717) is 19.3 Å². The monoisotopic (exact) mass is 557 g/mol. The molecular weight excluding hydrogens is 522 g/mol. The highest BCUT2D eigenvalue weighted by Crippen LogP contribution is 2.49. The van der Waals surface area contributed by atoms with E-state index in [-0.39, 0.29) is 29.9 Å². The number of morpholine rings is 1. The van der Waals surface area contributed by atoms with Crippen molar-refractivity contribution in [2.24, 2.45) is 0 Å². The molecule has 1 aromatic heterocycles. The van der Waals surface area contributed by atoms with Gasteiger partial charge < -0.3 is 23.7 Å². The van der Waals surface area contributed by atoms with Gasteiger partial charge >= 0.3 is 6.01 Å². The average Bonchev–Trinajstić information content (AvgIpc) is 2.99. The molecule has 0 bridgehead atoms. The van der Waals surface area contributed by atoms with Crippen LogP contribution in [0, 0.1) is 0 Å². The zero-order valence-corrected chi connectivity index (χ0v) is 23.5. The minimum absolute atomic E-state index is 0.00933. The standard InChI is InChI=1S/C29H36ClN3O6/c1-4-29(30)24(22-10-6-5-7-11-22)12-8-13-28(29,39-17-9-14-33-15-18-37-19-16-33)21-38-27-31-25(35-2)23(20-34)26(32-27)36-3/h5-8,10-13,20H,4,9,14-19,21H2,1-3H3. The van der Waals surface area contributed by atoms with E-state index in [4.69, 9.17) is 35.3 Å². The van der Waals surface area contributed by atoms with Crippen LogP contribution >= 0.6 is 11.6 Å². The maximum atomic E-state index is 11.5. The van der Waals surface area contributed by atoms with E-state index in [2.05, 4.69) is 14.9 Å². The minimum atomic E-state index is -1.04. The molecule has 2 atom stereocenters. The van der Waals surface area contributed by atoms with E-state index in [1.807, 2.05) is 55.5 Å². The topological polar surface area (TPSA) is 92.2 Å². The summed E-state index contributed by atoms with van der Waals surface area (Å²) in [5.74, 6) is 0.119. The second kappa shape index (κ2) is 13.4. The molecule has 1 saturated heterocycles. The van der Waals surface area contributed by atoms with Crippen molar-refractivity contribution >= 4 is 23.5 Å². The number of carbonyl (C=O) groups excluding carboxylic acids is 1. The summed E-state index contributed by atoms with van der Waals surface area (Å²) in [6.07, 6.45) is 7.93. The molecule has 0 saturated carbocycles. The van der Waals surface area contributed by atoms with Gasteiger partial charge in [0, 0.05) is 26.2 Å². The number of rotatable bonds is 13. The summed E-state index contributed by atoms with van der Waals surface area (Å²) >= 11 is 7.55. The number of allylic oxidation sites excluding steroid dienone is 2. The van der Waals surface area contributed by atoms with Crippen LogP contribution in [-0.4, -0.2) is 91.9 Å². The van der Waals surface area contributed by atoms with Crippen LogP contribution in [0.1, 0.15) is 35.7 Å². The third-order valence-corrected chi connectivity index (χ3v) is 7.95. The predicted molar refractivity (Wildman–Crippen MR) is 149 cm³/mol. The summed E-state index contributed by atoms with van der Waals surface area (Å²) in [5, 5.41) is 0. The number of benzene rings is 1. The highest BCUT2D eigenvalue weighted by molar-refractivity contribution is 6.31. The summed E-state index contributed by atoms with van der Waals surface area (Å²) in [7, 11) is 2.83. The number of hydrogen-bond acceptors (Lipinski definition) is 9. The van der Waals surface area contributed by atoms with Crippen LogP contribution in [0.25, 0.3) is 5.57 Å². The molecule has 10 heteroatoms. The first-order valence-electron chi connectivity index (χ1n) is 13.2. The van der Waals surface area contributed by atoms with Gasteiger partial charge in [-0.3, -0.25) is 9.69 Å². The Morgan fingerprint density at radius 2 is 1.79 bits per heavy atom. The lowest BCUT2D eigenvalue weighted by Crippen LogP contribution is -2.56. The number of hydrogen-bond donors (Lipinski definition) is 0. The molecule has 1 aliphatic heterocycles. The number of aldehydes is 1. The molecule has 2 heterocycles. The van der Waals surface area contributed by atoms with Crippen molar-refractivity contribution in [2.75, 3.05) is 60.3 Å². The summed E-state index contributed by atoms with van der Waals surface area (Å²) in [4.78, 5) is 21.5. The smallest absolute Gasteiger partial charge is 0.323 e. The van der Waals surface area contributed by atoms with Gasteiger partial charge in [-0.2, -0.15) is 9.97 Å². The Bertz CT molecular complexity index is 1150. The number of halogens is 1. The van der Waals surface area contributed by atoms with Crippen molar-refractivity contribution in [1.82, 2.24) is 14.9 Å². The third kappa shape index (κ3) is 6.27. The Kier molecular flexibility index (Phi) is 9.96. The fourth-order valence-electron chi connectivity index (χ4n) is 5.02. The molecule has 2 unspecified atom stereocenters. The van der Waals surface area contributed by atoms with Gasteiger partial charge in [-0.05, 0) is 30.1 Å². The second-order valence-electron chi connectivity index (χ2n) is 9.35. The van der Waals surface area contributed by atoms with Crippen LogP contribution in [-0.2, 0) is 9.47 Å². The predicted octanol–water partition coefficient (Wildman–Crippen LogP) is 4.20. The van der Waals surface area contributed by atoms with Gasteiger partial charge in [0.2, 0.25) is 11.8 Å². The molecule has 39 heavy (non-hydrogen) atoms. The highest BCUT2D eigenvalue weighted by Gasteiger charge is 2.53. The van der Waals surface area contributed by atoms with Gasteiger partial charge in [0.1, 0.15) is 22.6 Å². The van der Waals surface area contributed by atoms with Gasteiger partial charge in [-0.1, -0.05) is 49.4 Å². The first-order valence-corrected chi connectivity index (χ1v) is 13.5. The lowest BCUT2D eigenvalue weighted by molar-refractivity contribution is -0.0615. The second-order valence-corrected chi connectivity index (χ2v) is 10.00. The van der Waals surface area contributed by atoms with E-state index in [0.717, 1.165) is 50.4 Å². The lowest BCUT2D eigenvalue weighted by Gasteiger charge is -2.47. The van der Waals surface area contributed by atoms with Gasteiger partial charge in [0.05, 0.1) is 27.4 Å². The molecule has 0 spiro atoms. The Morgan fingerprint density at radius 3 is 2.41 bits per heavy atom. The van der Waals surface area contributed by atoms with Crippen LogP contribution in [0.2, 0.25) is 0 Å². The number of carbonyl (C=O) groups is 1. The van der Waals surface area contributed by atoms with E-state index in [9.17, 15) is 4.79 Å². The molecule has 2 aliphatic rings. The summed E-state index contributed by atoms with van der Waals surface area (Å²) in [6, 6.07) is 10.0. The van der Waals surface area contributed by atoms with Crippen LogP contribution in [0.3, 0.4) is 0 Å². The largest absolute Gasteiger partial charge is 0.480 e. The normalized spacial score (nSPS) is 23.2. The first kappa shape index (κ1) is 29.0. The number of alkyl halides is 1. The summed E-state index contributed by atoms with van der Waals surface area (Å²) in [5.41, 5.74) is 1.02. The summed E-state index contributed by atoms with van der Waals surface area (Å²) in [6.45, 7) is 6.77. The van der Waals surface area contributed by atoms with Crippen molar-refractivity contribution in [3.8, 4) is 17.8 Å². The van der Waals surface area contributed by atoms with E-state index in [1.54, 1.807) is 0 Å². The molecule has 0 amide bonds. The third-order valence-electron chi connectivity index (χ3n) is 7.16. The minimum Gasteiger partial charge on any atom is -0.480 e. The van der Waals surface area contributed by atoms with E-state index >= 15 is 0 Å². The van der Waals surface area contributed by atoms with Gasteiger partial charge in [0.25, 0.3) is 0 Å². The van der Waals surface area contributed by atoms with E-state index in [1.165, 1.54) is 14.2 Å². The van der Waals surface area contributed by atoms with Crippen LogP contribution in [0.5, 0.6) is 17.8 Å². The molecule has 0 radical (unpaired) electrons. The van der Waals surface area contributed by atoms with Gasteiger partial charge in [-0.15, -0.1) is 11.6 Å². The zero-order chi connectivity index (χ0) is 27.7. The maximum absolute atomic E-state index is 11.5. The van der Waals surface area contributed by atoms with Gasteiger partial charge in [0.15, 0.2) is 6.29 Å². The molecule has 9 nitrogen and oxygen atoms in total. The summed E-state index contributed by atoms with van der Waals surface area (Å²) < 4.78 is 28.8. The Labute approximate surface area is 234 Å². The van der Waals surface area contributed by atoms with Crippen LogP contribution in [0.15, 0.2) is 48.6 Å². The number of nitrogens with zero attached hydrogens (tertiary/aromatic N) is 3. The SMILES string of the molecule is CCC1(Cl)C(c2ccccc2)=CC=CC1(COc1nc(OC)c(C=O)c(OC)n1)OCCCN1CCOCC1. The fraction of sp³-hybridized carbons (Fsp3) is 0.483. The van der Waals surface area contributed by atoms with E-state index < -0.39 is 10.5 Å². The average molecular weight is 558 g/mol. The molecule has 1 fully saturated rings. The Hall–Kier alpha value is -2.98. The van der Waals surface area contributed by atoms with Crippen LogP contribution < -0.4 is 14.2 Å². The molecular formula is C29H36ClN3O6. The Morgan fingerprint density at radius 1 is 1.10 bits per heavy atom. The number of aromatic nitrogens is 2. The van der Waals surface area contributed by atoms with Crippen molar-refractivity contribution < 1.29 is 28.5 Å². The van der Waals surface area contributed by atoms with Crippen LogP contribution in [0.4, 0.5) is 0 Å². The van der Waals surface area contributed by atoms with Crippen molar-refractivity contribution in [3.63, 3.8) is 0 Å². The molecule has 210 valence electrons. The Balaban J connectivity index is 1.62. The van der Waals surface area contributed by atoms with Crippen molar-refractivity contribution in [3.05, 3.63) is 59.7 Å². The molecule has 4 rings (SSSR count). The zero-order valence-electron chi connectivity index (χ0n) is 22.7. The maximum Gasteiger partial charge on any atom is 0.323 e.